The monoisotopic (exact) mass is 743 g/mol. The van der Waals surface area contributed by atoms with Crippen LogP contribution in [0.2, 0.25) is 0 Å². The first kappa shape index (κ1) is 32.3. The number of fused-ring (bicyclic) bond motifs is 12. The molecule has 0 N–H and O–H groups in total. The summed E-state index contributed by atoms with van der Waals surface area (Å²) in [7, 11) is 0. The smallest absolute Gasteiger partial charge is 0.260 e. The Balaban J connectivity index is 1.05. The first-order valence-electron chi connectivity index (χ1n) is 20.5. The molecule has 3 aliphatic rings. The second-order valence-electron chi connectivity index (χ2n) is 17.6. The first-order valence-corrected chi connectivity index (χ1v) is 20.5. The van der Waals surface area contributed by atoms with Crippen molar-refractivity contribution < 1.29 is 9.47 Å². The number of benzene rings is 8. The van der Waals surface area contributed by atoms with Crippen LogP contribution in [0, 0.1) is 0 Å². The van der Waals surface area contributed by atoms with Gasteiger partial charge in [0, 0.05) is 37.8 Å². The molecule has 0 unspecified atom stereocenters. The fourth-order valence-corrected chi connectivity index (χ4v) is 11.4. The lowest BCUT2D eigenvalue weighted by molar-refractivity contribution is 0.465. The molecule has 274 valence electrons. The molecule has 2 aliphatic heterocycles. The number of para-hydroxylation sites is 4. The minimum absolute atomic E-state index is 0.0442. The van der Waals surface area contributed by atoms with E-state index in [1.165, 1.54) is 88.0 Å². The number of ether oxygens (including phenoxy) is 2. The summed E-state index contributed by atoms with van der Waals surface area (Å²) in [4.78, 5) is 0. The second kappa shape index (κ2) is 11.0. The van der Waals surface area contributed by atoms with Gasteiger partial charge in [0.25, 0.3) is 6.71 Å². The Morgan fingerprint density at radius 1 is 0.431 bits per heavy atom. The summed E-state index contributed by atoms with van der Waals surface area (Å²) in [6.07, 6.45) is 0. The molecule has 2 aromatic heterocycles. The van der Waals surface area contributed by atoms with Gasteiger partial charge in [-0.25, -0.2) is 0 Å². The van der Waals surface area contributed by atoms with Crippen LogP contribution in [-0.2, 0) is 10.8 Å². The molecule has 0 amide bonds. The summed E-state index contributed by atoms with van der Waals surface area (Å²) in [6, 6.07) is 58.0. The van der Waals surface area contributed by atoms with Gasteiger partial charge in [0.05, 0.1) is 16.6 Å². The molecule has 0 bridgehead atoms. The van der Waals surface area contributed by atoms with Gasteiger partial charge in [0.15, 0.2) is 0 Å². The minimum atomic E-state index is -0.356. The van der Waals surface area contributed by atoms with Crippen molar-refractivity contribution in [3.05, 3.63) is 180 Å². The van der Waals surface area contributed by atoms with Gasteiger partial charge in [-0.1, -0.05) is 137 Å². The Labute approximate surface area is 337 Å². The van der Waals surface area contributed by atoms with Crippen molar-refractivity contribution in [3.63, 3.8) is 0 Å². The summed E-state index contributed by atoms with van der Waals surface area (Å²) in [5.41, 5.74) is 17.0. The van der Waals surface area contributed by atoms with Gasteiger partial charge in [-0.05, 0) is 104 Å². The molecule has 13 rings (SSSR count). The van der Waals surface area contributed by atoms with Crippen LogP contribution < -0.4 is 25.9 Å². The average Bonchev–Trinajstić information content (AvgIpc) is 3.77. The van der Waals surface area contributed by atoms with Crippen LogP contribution in [0.5, 0.6) is 23.0 Å². The van der Waals surface area contributed by atoms with E-state index in [0.717, 1.165) is 34.0 Å². The SMILES string of the molecule is CC1(C)c2cccc(-c3cc4c5c(c3)Oc3ccccc3B5c3ccccc3O4)c2C(C)(C)c2c(-c3cc4c5ccccc5n5c6ccccc6c(c3)c45)cccc21. The van der Waals surface area contributed by atoms with E-state index in [1.54, 1.807) is 0 Å². The lowest BCUT2D eigenvalue weighted by Crippen LogP contribution is -2.57. The Morgan fingerprint density at radius 2 is 0.897 bits per heavy atom. The summed E-state index contributed by atoms with van der Waals surface area (Å²) in [5, 5.41) is 5.19. The zero-order valence-electron chi connectivity index (χ0n) is 32.9. The summed E-state index contributed by atoms with van der Waals surface area (Å²) < 4.78 is 16.1. The van der Waals surface area contributed by atoms with E-state index in [9.17, 15) is 0 Å². The highest BCUT2D eigenvalue weighted by Gasteiger charge is 2.45. The van der Waals surface area contributed by atoms with Crippen molar-refractivity contribution in [1.29, 1.82) is 0 Å². The van der Waals surface area contributed by atoms with Gasteiger partial charge in [-0.2, -0.15) is 0 Å². The number of hydrogen-bond acceptors (Lipinski definition) is 2. The van der Waals surface area contributed by atoms with Crippen LogP contribution in [0.15, 0.2) is 158 Å². The maximum absolute atomic E-state index is 6.80. The van der Waals surface area contributed by atoms with E-state index in [-0.39, 0.29) is 17.5 Å². The number of nitrogens with zero attached hydrogens (tertiary/aromatic N) is 1. The van der Waals surface area contributed by atoms with Crippen molar-refractivity contribution in [3.8, 4) is 45.3 Å². The molecule has 0 saturated heterocycles. The zero-order chi connectivity index (χ0) is 38.7. The van der Waals surface area contributed by atoms with E-state index in [2.05, 4.69) is 190 Å². The largest absolute Gasteiger partial charge is 0.458 e. The normalized spacial score (nSPS) is 15.4. The number of hydrogen-bond donors (Lipinski definition) is 0. The molecule has 4 heteroatoms. The van der Waals surface area contributed by atoms with Crippen LogP contribution in [0.4, 0.5) is 0 Å². The fraction of sp³-hybridized carbons (Fsp3) is 0.111. The molecular weight excluding hydrogens is 705 g/mol. The van der Waals surface area contributed by atoms with Crippen LogP contribution in [0.1, 0.15) is 49.9 Å². The molecule has 1 aliphatic carbocycles. The molecule has 0 radical (unpaired) electrons. The van der Waals surface area contributed by atoms with Gasteiger partial charge in [0.1, 0.15) is 23.0 Å². The fourth-order valence-electron chi connectivity index (χ4n) is 11.4. The third-order valence-corrected chi connectivity index (χ3v) is 13.8. The first-order chi connectivity index (χ1) is 28.3. The Bertz CT molecular complexity index is 3270. The molecule has 10 aromatic rings. The highest BCUT2D eigenvalue weighted by molar-refractivity contribution is 6.98. The third-order valence-electron chi connectivity index (χ3n) is 13.8. The van der Waals surface area contributed by atoms with Crippen molar-refractivity contribution in [1.82, 2.24) is 4.40 Å². The Hall–Kier alpha value is -6.78. The van der Waals surface area contributed by atoms with Crippen molar-refractivity contribution in [2.24, 2.45) is 0 Å². The van der Waals surface area contributed by atoms with Gasteiger partial charge in [-0.3, -0.25) is 0 Å². The van der Waals surface area contributed by atoms with Crippen molar-refractivity contribution >= 4 is 61.2 Å². The van der Waals surface area contributed by atoms with Crippen LogP contribution in [0.3, 0.4) is 0 Å². The standard InChI is InChI=1S/C54H38BNO2/c1-53(2)39-19-13-17-33(31-27-37-35-15-5-9-23-43(35)56-44-24-10-6-16-36(44)38(28-31)52(37)56)49(39)54(3,4)50-34(18-14-20-40(50)53)32-29-47-51-48(30-32)58-46-26-12-8-22-42(46)55(51)41-21-7-11-25-45(41)57-47/h5-30H,1-4H3. The van der Waals surface area contributed by atoms with Gasteiger partial charge >= 0.3 is 0 Å². The quantitative estimate of drug-likeness (QED) is 0.165. The topological polar surface area (TPSA) is 22.9 Å². The molecule has 0 fully saturated rings. The van der Waals surface area contributed by atoms with Crippen molar-refractivity contribution in [2.45, 2.75) is 38.5 Å². The van der Waals surface area contributed by atoms with E-state index in [4.69, 9.17) is 9.47 Å². The molecule has 0 atom stereocenters. The van der Waals surface area contributed by atoms with E-state index in [1.807, 2.05) is 0 Å². The maximum Gasteiger partial charge on any atom is 0.260 e. The molecule has 0 saturated carbocycles. The van der Waals surface area contributed by atoms with E-state index < -0.39 is 0 Å². The predicted molar refractivity (Wildman–Crippen MR) is 240 cm³/mol. The van der Waals surface area contributed by atoms with Crippen molar-refractivity contribution in [2.75, 3.05) is 0 Å². The van der Waals surface area contributed by atoms with Gasteiger partial charge < -0.3 is 13.9 Å². The molecule has 0 spiro atoms. The molecule has 3 nitrogen and oxygen atoms in total. The van der Waals surface area contributed by atoms with Crippen LogP contribution in [-0.4, -0.2) is 11.1 Å². The summed E-state index contributed by atoms with van der Waals surface area (Å²) in [6.45, 7) is 9.72. The maximum atomic E-state index is 6.80. The third kappa shape index (κ3) is 4.00. The summed E-state index contributed by atoms with van der Waals surface area (Å²) in [5.74, 6) is 3.54. The second-order valence-corrected chi connectivity index (χ2v) is 17.6. The predicted octanol–water partition coefficient (Wildman–Crippen LogP) is 11.9. The molecule has 4 heterocycles. The molecule has 8 aromatic carbocycles. The lowest BCUT2D eigenvalue weighted by atomic mass is 9.35. The highest BCUT2D eigenvalue weighted by Crippen LogP contribution is 2.56. The average molecular weight is 744 g/mol. The highest BCUT2D eigenvalue weighted by atomic mass is 16.5. The van der Waals surface area contributed by atoms with Crippen LogP contribution >= 0.6 is 0 Å². The zero-order valence-corrected chi connectivity index (χ0v) is 32.9. The molecule has 58 heavy (non-hydrogen) atoms. The van der Waals surface area contributed by atoms with Gasteiger partial charge in [0.2, 0.25) is 0 Å². The Kier molecular flexibility index (Phi) is 6.13. The van der Waals surface area contributed by atoms with Crippen LogP contribution in [0.25, 0.3) is 60.3 Å². The van der Waals surface area contributed by atoms with E-state index in [0.29, 0.717) is 0 Å². The Morgan fingerprint density at radius 3 is 1.43 bits per heavy atom. The number of aromatic nitrogens is 1. The molecular formula is C54H38BNO2. The number of rotatable bonds is 2. The van der Waals surface area contributed by atoms with Gasteiger partial charge in [-0.15, -0.1) is 0 Å². The summed E-state index contributed by atoms with van der Waals surface area (Å²) >= 11 is 0. The lowest BCUT2D eigenvalue weighted by Gasteiger charge is -2.46. The minimum Gasteiger partial charge on any atom is -0.458 e. The van der Waals surface area contributed by atoms with E-state index >= 15 is 0 Å².